The van der Waals surface area contributed by atoms with Crippen LogP contribution in [0.3, 0.4) is 0 Å². The molecule has 16 heavy (non-hydrogen) atoms. The molecular formula is C11H12N2O3. The number of aliphatic hydroxyl groups excluding tert-OH is 1. The van der Waals surface area contributed by atoms with E-state index in [-0.39, 0.29) is 6.42 Å². The van der Waals surface area contributed by atoms with Crippen LogP contribution in [0.15, 0.2) is 30.6 Å². The Morgan fingerprint density at radius 3 is 3.19 bits per heavy atom. The summed E-state index contributed by atoms with van der Waals surface area (Å²) >= 11 is 0. The SMILES string of the molecule is COC(=O)C(O)Cc1cnn2ccccc12. The summed E-state index contributed by atoms with van der Waals surface area (Å²) in [7, 11) is 1.25. The lowest BCUT2D eigenvalue weighted by Gasteiger charge is -2.06. The van der Waals surface area contributed by atoms with Gasteiger partial charge in [-0.3, -0.25) is 0 Å². The second-order valence-corrected chi connectivity index (χ2v) is 3.44. The van der Waals surface area contributed by atoms with Gasteiger partial charge in [-0.05, 0) is 12.1 Å². The van der Waals surface area contributed by atoms with E-state index in [4.69, 9.17) is 0 Å². The Morgan fingerprint density at radius 1 is 1.62 bits per heavy atom. The fourth-order valence-corrected chi connectivity index (χ4v) is 1.57. The van der Waals surface area contributed by atoms with Gasteiger partial charge in [0.1, 0.15) is 0 Å². The van der Waals surface area contributed by atoms with Crippen LogP contribution in [0.4, 0.5) is 0 Å². The molecule has 0 aliphatic rings. The van der Waals surface area contributed by atoms with Crippen LogP contribution in [-0.4, -0.2) is 33.9 Å². The number of carbonyl (C=O) groups excluding carboxylic acids is 1. The summed E-state index contributed by atoms with van der Waals surface area (Å²) in [4.78, 5) is 11.1. The zero-order chi connectivity index (χ0) is 11.5. The number of hydrogen-bond donors (Lipinski definition) is 1. The number of nitrogens with zero attached hydrogens (tertiary/aromatic N) is 2. The van der Waals surface area contributed by atoms with Crippen molar-refractivity contribution in [3.05, 3.63) is 36.2 Å². The maximum atomic E-state index is 11.1. The van der Waals surface area contributed by atoms with Crippen molar-refractivity contribution in [3.8, 4) is 0 Å². The van der Waals surface area contributed by atoms with E-state index >= 15 is 0 Å². The molecule has 2 rings (SSSR count). The van der Waals surface area contributed by atoms with E-state index in [1.165, 1.54) is 7.11 Å². The summed E-state index contributed by atoms with van der Waals surface area (Å²) in [6.45, 7) is 0. The van der Waals surface area contributed by atoms with Crippen LogP contribution in [-0.2, 0) is 16.0 Å². The predicted molar refractivity (Wildman–Crippen MR) is 56.9 cm³/mol. The number of methoxy groups -OCH3 is 1. The molecule has 1 atom stereocenters. The minimum atomic E-state index is -1.14. The second-order valence-electron chi connectivity index (χ2n) is 3.44. The highest BCUT2D eigenvalue weighted by atomic mass is 16.5. The van der Waals surface area contributed by atoms with Crippen molar-refractivity contribution >= 4 is 11.5 Å². The van der Waals surface area contributed by atoms with Gasteiger partial charge in [0.15, 0.2) is 6.10 Å². The van der Waals surface area contributed by atoms with E-state index in [1.54, 1.807) is 10.7 Å². The Balaban J connectivity index is 2.24. The zero-order valence-corrected chi connectivity index (χ0v) is 8.83. The maximum Gasteiger partial charge on any atom is 0.335 e. The van der Waals surface area contributed by atoms with Gasteiger partial charge in [-0.1, -0.05) is 6.07 Å². The molecular weight excluding hydrogens is 208 g/mol. The molecule has 1 N–H and O–H groups in total. The van der Waals surface area contributed by atoms with E-state index in [1.807, 2.05) is 24.4 Å². The summed E-state index contributed by atoms with van der Waals surface area (Å²) in [5.41, 5.74) is 1.70. The highest BCUT2D eigenvalue weighted by molar-refractivity contribution is 5.75. The van der Waals surface area contributed by atoms with Crippen molar-refractivity contribution in [2.45, 2.75) is 12.5 Å². The third kappa shape index (κ3) is 1.90. The summed E-state index contributed by atoms with van der Waals surface area (Å²) < 4.78 is 6.15. The topological polar surface area (TPSA) is 63.8 Å². The molecule has 2 heterocycles. The van der Waals surface area contributed by atoms with Gasteiger partial charge >= 0.3 is 5.97 Å². The maximum absolute atomic E-state index is 11.1. The van der Waals surface area contributed by atoms with Gasteiger partial charge in [0.2, 0.25) is 0 Å². The number of aromatic nitrogens is 2. The molecule has 0 saturated carbocycles. The monoisotopic (exact) mass is 220 g/mol. The van der Waals surface area contributed by atoms with Gasteiger partial charge in [0, 0.05) is 18.2 Å². The first kappa shape index (κ1) is 10.6. The van der Waals surface area contributed by atoms with Gasteiger partial charge in [-0.15, -0.1) is 0 Å². The highest BCUT2D eigenvalue weighted by Crippen LogP contribution is 2.12. The Bertz CT molecular complexity index is 507. The van der Waals surface area contributed by atoms with Gasteiger partial charge in [0.25, 0.3) is 0 Å². The van der Waals surface area contributed by atoms with Crippen LogP contribution in [0.5, 0.6) is 0 Å². The summed E-state index contributed by atoms with van der Waals surface area (Å²) in [6, 6.07) is 5.62. The molecule has 0 aliphatic heterocycles. The van der Waals surface area contributed by atoms with Crippen molar-refractivity contribution in [1.29, 1.82) is 0 Å². The third-order valence-corrected chi connectivity index (χ3v) is 2.39. The van der Waals surface area contributed by atoms with Crippen molar-refractivity contribution < 1.29 is 14.6 Å². The average molecular weight is 220 g/mol. The second kappa shape index (κ2) is 4.32. The number of esters is 1. The van der Waals surface area contributed by atoms with Crippen LogP contribution < -0.4 is 0 Å². The molecule has 1 unspecified atom stereocenters. The van der Waals surface area contributed by atoms with E-state index < -0.39 is 12.1 Å². The molecule has 84 valence electrons. The van der Waals surface area contributed by atoms with Crippen molar-refractivity contribution in [2.24, 2.45) is 0 Å². The van der Waals surface area contributed by atoms with E-state index in [9.17, 15) is 9.90 Å². The quantitative estimate of drug-likeness (QED) is 0.761. The van der Waals surface area contributed by atoms with E-state index in [0.29, 0.717) is 0 Å². The Hall–Kier alpha value is -1.88. The standard InChI is InChI=1S/C11H12N2O3/c1-16-11(15)10(14)6-8-7-12-13-5-3-2-4-9(8)13/h2-5,7,10,14H,6H2,1H3. The molecule has 0 radical (unpaired) electrons. The largest absolute Gasteiger partial charge is 0.467 e. The molecule has 0 saturated heterocycles. The zero-order valence-electron chi connectivity index (χ0n) is 8.83. The Morgan fingerprint density at radius 2 is 2.44 bits per heavy atom. The molecule has 0 spiro atoms. The molecule has 0 bridgehead atoms. The number of pyridine rings is 1. The molecule has 5 nitrogen and oxygen atoms in total. The third-order valence-electron chi connectivity index (χ3n) is 2.39. The fraction of sp³-hybridized carbons (Fsp3) is 0.273. The summed E-state index contributed by atoms with van der Waals surface area (Å²) in [5, 5.41) is 13.6. The van der Waals surface area contributed by atoms with Gasteiger partial charge in [0.05, 0.1) is 18.8 Å². The average Bonchev–Trinajstić information content (AvgIpc) is 2.72. The van der Waals surface area contributed by atoms with E-state index in [0.717, 1.165) is 11.1 Å². The number of carbonyl (C=O) groups is 1. The lowest BCUT2D eigenvalue weighted by atomic mass is 10.1. The van der Waals surface area contributed by atoms with E-state index in [2.05, 4.69) is 9.84 Å². The van der Waals surface area contributed by atoms with Crippen molar-refractivity contribution in [3.63, 3.8) is 0 Å². The Kier molecular flexibility index (Phi) is 2.87. The summed E-state index contributed by atoms with van der Waals surface area (Å²) in [5.74, 6) is -0.629. The van der Waals surface area contributed by atoms with Crippen LogP contribution in [0.2, 0.25) is 0 Å². The first-order chi connectivity index (χ1) is 7.72. The van der Waals surface area contributed by atoms with Gasteiger partial charge in [-0.25, -0.2) is 9.31 Å². The first-order valence-electron chi connectivity index (χ1n) is 4.89. The predicted octanol–water partition coefficient (Wildman–Crippen LogP) is 0.411. The fourth-order valence-electron chi connectivity index (χ4n) is 1.57. The smallest absolute Gasteiger partial charge is 0.335 e. The number of aliphatic hydroxyl groups is 1. The molecule has 2 aromatic rings. The van der Waals surface area contributed by atoms with Gasteiger partial charge in [-0.2, -0.15) is 5.10 Å². The van der Waals surface area contributed by atoms with Crippen LogP contribution in [0.25, 0.3) is 5.52 Å². The molecule has 0 aromatic carbocycles. The highest BCUT2D eigenvalue weighted by Gasteiger charge is 2.17. The molecule has 0 amide bonds. The van der Waals surface area contributed by atoms with Gasteiger partial charge < -0.3 is 9.84 Å². The minimum absolute atomic E-state index is 0.209. The van der Waals surface area contributed by atoms with Crippen LogP contribution in [0.1, 0.15) is 5.56 Å². The van der Waals surface area contributed by atoms with Crippen LogP contribution >= 0.6 is 0 Å². The molecule has 0 aliphatic carbocycles. The number of ether oxygens (including phenoxy) is 1. The number of hydrogen-bond acceptors (Lipinski definition) is 4. The summed E-state index contributed by atoms with van der Waals surface area (Å²) in [6.07, 6.45) is 2.52. The molecule has 0 fully saturated rings. The van der Waals surface area contributed by atoms with Crippen molar-refractivity contribution in [2.75, 3.05) is 7.11 Å². The number of fused-ring (bicyclic) bond motifs is 1. The van der Waals surface area contributed by atoms with Crippen LogP contribution in [0, 0.1) is 0 Å². The molecule has 2 aromatic heterocycles. The normalized spacial score (nSPS) is 12.6. The Labute approximate surface area is 92.3 Å². The first-order valence-corrected chi connectivity index (χ1v) is 4.89. The van der Waals surface area contributed by atoms with Crippen molar-refractivity contribution in [1.82, 2.24) is 9.61 Å². The lowest BCUT2D eigenvalue weighted by Crippen LogP contribution is -2.23. The number of rotatable bonds is 3. The minimum Gasteiger partial charge on any atom is -0.467 e. The lowest BCUT2D eigenvalue weighted by molar-refractivity contribution is -0.150. The molecule has 5 heteroatoms.